The average Bonchev–Trinajstić information content (AvgIpc) is 2.89. The van der Waals surface area contributed by atoms with Crippen LogP contribution in [0.3, 0.4) is 0 Å². The van der Waals surface area contributed by atoms with Crippen molar-refractivity contribution < 1.29 is 24.2 Å². The van der Waals surface area contributed by atoms with Crippen molar-refractivity contribution in [3.8, 4) is 23.8 Å². The first-order valence-corrected chi connectivity index (χ1v) is 8.28. The number of hydrogen-bond acceptors (Lipinski definition) is 5. The molecule has 1 heterocycles. The average molecular weight is 365 g/mol. The number of ether oxygens (including phenoxy) is 2. The maximum atomic E-state index is 12.8. The highest BCUT2D eigenvalue weighted by molar-refractivity contribution is 6.11. The van der Waals surface area contributed by atoms with E-state index in [9.17, 15) is 14.7 Å². The first-order valence-electron chi connectivity index (χ1n) is 8.28. The Morgan fingerprint density at radius 1 is 1.19 bits per heavy atom. The molecule has 6 nitrogen and oxygen atoms in total. The Bertz CT molecular complexity index is 946. The van der Waals surface area contributed by atoms with E-state index in [1.807, 2.05) is 0 Å². The second-order valence-electron chi connectivity index (χ2n) is 6.14. The van der Waals surface area contributed by atoms with E-state index in [-0.39, 0.29) is 6.54 Å². The zero-order valence-electron chi connectivity index (χ0n) is 15.1. The summed E-state index contributed by atoms with van der Waals surface area (Å²) in [5.74, 6) is 2.28. The molecule has 138 valence electrons. The molecule has 3 rings (SSSR count). The van der Waals surface area contributed by atoms with Gasteiger partial charge in [0.15, 0.2) is 22.9 Å². The molecule has 0 spiro atoms. The molecule has 0 aromatic heterocycles. The topological polar surface area (TPSA) is 76.1 Å². The molecule has 0 radical (unpaired) electrons. The van der Waals surface area contributed by atoms with Gasteiger partial charge in [-0.05, 0) is 24.3 Å². The standard InChI is InChI=1S/C21H19NO5/c1-4-11-22-16-8-6-5-7-15(16)21(25,20(22)24)13-17(23)14-9-10-18(26-2)19(12-14)27-3/h1,5-10,12,25H,11,13H2,2-3H3/t21-/m1/s1. The number of para-hydroxylation sites is 1. The number of carbonyl (C=O) groups is 2. The van der Waals surface area contributed by atoms with Gasteiger partial charge in [-0.2, -0.15) is 0 Å². The predicted molar refractivity (Wildman–Crippen MR) is 100 cm³/mol. The molecule has 0 aliphatic carbocycles. The Morgan fingerprint density at radius 3 is 2.56 bits per heavy atom. The number of terminal acetylenes is 1. The first kappa shape index (κ1) is 18.5. The number of fused-ring (bicyclic) bond motifs is 1. The summed E-state index contributed by atoms with van der Waals surface area (Å²) in [6, 6.07) is 11.5. The quantitative estimate of drug-likeness (QED) is 0.627. The fourth-order valence-corrected chi connectivity index (χ4v) is 3.27. The van der Waals surface area contributed by atoms with E-state index < -0.39 is 23.7 Å². The number of hydrogen-bond donors (Lipinski definition) is 1. The van der Waals surface area contributed by atoms with E-state index in [1.165, 1.54) is 25.2 Å². The van der Waals surface area contributed by atoms with Gasteiger partial charge in [-0.25, -0.2) is 0 Å². The zero-order chi connectivity index (χ0) is 19.6. The van der Waals surface area contributed by atoms with E-state index in [0.717, 1.165) is 0 Å². The molecular formula is C21H19NO5. The number of nitrogens with zero attached hydrogens (tertiary/aromatic N) is 1. The monoisotopic (exact) mass is 365 g/mol. The normalized spacial score (nSPS) is 18.0. The number of ketones is 1. The molecule has 0 unspecified atom stereocenters. The van der Waals surface area contributed by atoms with Crippen LogP contribution in [0.1, 0.15) is 22.3 Å². The third-order valence-corrected chi connectivity index (χ3v) is 4.61. The summed E-state index contributed by atoms with van der Waals surface area (Å²) in [6.07, 6.45) is 4.95. The highest BCUT2D eigenvalue weighted by atomic mass is 16.5. The van der Waals surface area contributed by atoms with Crippen molar-refractivity contribution in [2.24, 2.45) is 0 Å². The second kappa shape index (κ2) is 7.14. The summed E-state index contributed by atoms with van der Waals surface area (Å²) in [6.45, 7) is 0.0166. The number of rotatable bonds is 6. The fourth-order valence-electron chi connectivity index (χ4n) is 3.27. The summed E-state index contributed by atoms with van der Waals surface area (Å²) in [5, 5.41) is 11.1. The second-order valence-corrected chi connectivity index (χ2v) is 6.14. The molecule has 0 saturated heterocycles. The molecule has 1 aliphatic heterocycles. The third kappa shape index (κ3) is 3.03. The van der Waals surface area contributed by atoms with Crippen molar-refractivity contribution in [1.29, 1.82) is 0 Å². The molecule has 0 bridgehead atoms. The van der Waals surface area contributed by atoms with Crippen molar-refractivity contribution in [3.05, 3.63) is 53.6 Å². The molecule has 6 heteroatoms. The molecule has 27 heavy (non-hydrogen) atoms. The van der Waals surface area contributed by atoms with Gasteiger partial charge in [-0.15, -0.1) is 6.42 Å². The van der Waals surface area contributed by atoms with Crippen LogP contribution >= 0.6 is 0 Å². The summed E-state index contributed by atoms with van der Waals surface area (Å²) in [5.41, 5.74) is -0.763. The Labute approximate surface area is 157 Å². The third-order valence-electron chi connectivity index (χ3n) is 4.61. The van der Waals surface area contributed by atoms with Crippen molar-refractivity contribution in [3.63, 3.8) is 0 Å². The van der Waals surface area contributed by atoms with Crippen LogP contribution in [0.15, 0.2) is 42.5 Å². The fraction of sp³-hybridized carbons (Fsp3) is 0.238. The molecule has 1 aliphatic rings. The van der Waals surface area contributed by atoms with Crippen molar-refractivity contribution in [2.45, 2.75) is 12.0 Å². The van der Waals surface area contributed by atoms with Gasteiger partial charge in [0.25, 0.3) is 5.91 Å². The summed E-state index contributed by atoms with van der Waals surface area (Å²) < 4.78 is 10.4. The van der Waals surface area contributed by atoms with Gasteiger partial charge >= 0.3 is 0 Å². The van der Waals surface area contributed by atoms with E-state index in [4.69, 9.17) is 15.9 Å². The van der Waals surface area contributed by atoms with E-state index >= 15 is 0 Å². The van der Waals surface area contributed by atoms with Gasteiger partial charge in [0.05, 0.1) is 32.9 Å². The van der Waals surface area contributed by atoms with E-state index in [0.29, 0.717) is 28.3 Å². The number of Topliss-reactive ketones (excluding diaryl/α,β-unsaturated/α-hetero) is 1. The van der Waals surface area contributed by atoms with Gasteiger partial charge in [0, 0.05) is 11.1 Å². The summed E-state index contributed by atoms with van der Waals surface area (Å²) >= 11 is 0. The SMILES string of the molecule is C#CCN1C(=O)[C@@](O)(CC(=O)c2ccc(OC)c(OC)c2)c2ccccc21. The van der Waals surface area contributed by atoms with Gasteiger partial charge in [0.2, 0.25) is 0 Å². The van der Waals surface area contributed by atoms with Gasteiger partial charge < -0.3 is 14.6 Å². The van der Waals surface area contributed by atoms with Gasteiger partial charge in [-0.3, -0.25) is 14.5 Å². The largest absolute Gasteiger partial charge is 0.493 e. The lowest BCUT2D eigenvalue weighted by Gasteiger charge is -2.22. The van der Waals surface area contributed by atoms with Crippen LogP contribution in [0.25, 0.3) is 0 Å². The number of amides is 1. The molecule has 1 amide bonds. The smallest absolute Gasteiger partial charge is 0.265 e. The summed E-state index contributed by atoms with van der Waals surface area (Å²) in [7, 11) is 2.96. The number of methoxy groups -OCH3 is 2. The van der Waals surface area contributed by atoms with E-state index in [2.05, 4.69) is 5.92 Å². The summed E-state index contributed by atoms with van der Waals surface area (Å²) in [4.78, 5) is 27.0. The molecule has 0 saturated carbocycles. The number of anilines is 1. The maximum Gasteiger partial charge on any atom is 0.265 e. The van der Waals surface area contributed by atoms with Gasteiger partial charge in [-0.1, -0.05) is 24.1 Å². The Kier molecular flexibility index (Phi) is 4.89. The predicted octanol–water partition coefficient (Wildman–Crippen LogP) is 2.14. The highest BCUT2D eigenvalue weighted by Crippen LogP contribution is 2.42. The van der Waals surface area contributed by atoms with Crippen LogP contribution in [0.4, 0.5) is 5.69 Å². The van der Waals surface area contributed by atoms with Crippen LogP contribution in [0.2, 0.25) is 0 Å². The molecular weight excluding hydrogens is 346 g/mol. The van der Waals surface area contributed by atoms with Crippen LogP contribution in [0, 0.1) is 12.3 Å². The minimum Gasteiger partial charge on any atom is -0.493 e. The molecule has 2 aromatic rings. The molecule has 1 atom stereocenters. The Morgan fingerprint density at radius 2 is 1.89 bits per heavy atom. The lowest BCUT2D eigenvalue weighted by molar-refractivity contribution is -0.135. The Hall–Kier alpha value is -3.30. The van der Waals surface area contributed by atoms with E-state index in [1.54, 1.807) is 36.4 Å². The van der Waals surface area contributed by atoms with Crippen LogP contribution in [-0.4, -0.2) is 37.6 Å². The van der Waals surface area contributed by atoms with Crippen molar-refractivity contribution in [1.82, 2.24) is 0 Å². The molecule has 2 aromatic carbocycles. The minimum absolute atomic E-state index is 0.0166. The van der Waals surface area contributed by atoms with Crippen molar-refractivity contribution >= 4 is 17.4 Å². The lowest BCUT2D eigenvalue weighted by Crippen LogP contribution is -2.42. The minimum atomic E-state index is -1.96. The number of carbonyl (C=O) groups excluding carboxylic acids is 2. The van der Waals surface area contributed by atoms with Crippen molar-refractivity contribution in [2.75, 3.05) is 25.7 Å². The zero-order valence-corrected chi connectivity index (χ0v) is 15.1. The highest BCUT2D eigenvalue weighted by Gasteiger charge is 2.50. The Balaban J connectivity index is 1.96. The number of aliphatic hydroxyl groups is 1. The van der Waals surface area contributed by atoms with Crippen LogP contribution < -0.4 is 14.4 Å². The number of benzene rings is 2. The van der Waals surface area contributed by atoms with Crippen LogP contribution in [0.5, 0.6) is 11.5 Å². The molecule has 0 fully saturated rings. The molecule has 1 N–H and O–H groups in total. The lowest BCUT2D eigenvalue weighted by atomic mass is 9.88. The maximum absolute atomic E-state index is 12.8. The van der Waals surface area contributed by atoms with Gasteiger partial charge in [0.1, 0.15) is 0 Å². The first-order chi connectivity index (χ1) is 13.0. The van der Waals surface area contributed by atoms with Crippen LogP contribution in [-0.2, 0) is 10.4 Å².